The molecule has 0 bridgehead atoms. The quantitative estimate of drug-likeness (QED) is 0.619. The Bertz CT molecular complexity index is 209. The first-order chi connectivity index (χ1) is 7.37. The van der Waals surface area contributed by atoms with Crippen molar-refractivity contribution in [2.45, 2.75) is 31.5 Å². The van der Waals surface area contributed by atoms with Gasteiger partial charge < -0.3 is 15.8 Å². The Labute approximate surface area is 92.3 Å². The molecule has 96 valence electrons. The highest BCUT2D eigenvalue weighted by Crippen LogP contribution is 2.20. The number of primary amides is 1. The number of amides is 1. The van der Waals surface area contributed by atoms with Gasteiger partial charge in [0.1, 0.15) is 0 Å². The molecule has 0 rings (SSSR count). The van der Waals surface area contributed by atoms with Gasteiger partial charge >= 0.3 is 6.18 Å². The predicted molar refractivity (Wildman–Crippen MR) is 52.8 cm³/mol. The van der Waals surface area contributed by atoms with Crippen LogP contribution in [0.5, 0.6) is 0 Å². The number of halogens is 3. The maximum absolute atomic E-state index is 11.7. The van der Waals surface area contributed by atoms with Crippen LogP contribution < -0.4 is 11.1 Å². The Balaban J connectivity index is 3.43. The number of carbonyl (C=O) groups is 1. The number of alkyl halides is 3. The lowest BCUT2D eigenvalue weighted by Gasteiger charge is -2.12. The zero-order valence-electron chi connectivity index (χ0n) is 9.14. The number of nitrogens with one attached hydrogen (secondary N) is 1. The van der Waals surface area contributed by atoms with E-state index < -0.39 is 24.5 Å². The molecule has 1 atom stereocenters. The van der Waals surface area contributed by atoms with Crippen LogP contribution in [-0.4, -0.2) is 38.4 Å². The van der Waals surface area contributed by atoms with Crippen LogP contribution in [0.15, 0.2) is 0 Å². The second-order valence-electron chi connectivity index (χ2n) is 3.36. The van der Waals surface area contributed by atoms with E-state index in [0.717, 1.165) is 0 Å². The number of hydrogen-bond donors (Lipinski definition) is 2. The highest BCUT2D eigenvalue weighted by molar-refractivity contribution is 5.79. The van der Waals surface area contributed by atoms with E-state index in [4.69, 9.17) is 10.5 Å². The molecular weight excluding hydrogens is 225 g/mol. The summed E-state index contributed by atoms with van der Waals surface area (Å²) >= 11 is 0. The van der Waals surface area contributed by atoms with Gasteiger partial charge in [0, 0.05) is 19.6 Å². The van der Waals surface area contributed by atoms with E-state index >= 15 is 0 Å². The molecule has 0 aromatic heterocycles. The van der Waals surface area contributed by atoms with Gasteiger partial charge in [0.2, 0.25) is 5.91 Å². The van der Waals surface area contributed by atoms with E-state index in [1.165, 1.54) is 0 Å². The summed E-state index contributed by atoms with van der Waals surface area (Å²) in [6.07, 6.45) is -4.69. The zero-order valence-corrected chi connectivity index (χ0v) is 9.14. The van der Waals surface area contributed by atoms with Crippen LogP contribution in [0.4, 0.5) is 13.2 Å². The topological polar surface area (TPSA) is 64.3 Å². The molecule has 1 unspecified atom stereocenters. The highest BCUT2D eigenvalue weighted by atomic mass is 19.4. The number of ether oxygens (including phenoxy) is 1. The fraction of sp³-hybridized carbons (Fsp3) is 0.889. The molecule has 0 radical (unpaired) electrons. The third-order valence-electron chi connectivity index (χ3n) is 1.99. The van der Waals surface area contributed by atoms with Crippen LogP contribution in [-0.2, 0) is 9.53 Å². The van der Waals surface area contributed by atoms with Gasteiger partial charge in [-0.15, -0.1) is 0 Å². The van der Waals surface area contributed by atoms with Crippen molar-refractivity contribution in [3.05, 3.63) is 0 Å². The predicted octanol–water partition coefficient (Wildman–Crippen LogP) is 0.809. The minimum atomic E-state index is -4.13. The third kappa shape index (κ3) is 8.49. The molecule has 0 saturated heterocycles. The van der Waals surface area contributed by atoms with Gasteiger partial charge in [-0.25, -0.2) is 0 Å². The molecule has 7 heteroatoms. The number of hydrogen-bond acceptors (Lipinski definition) is 3. The molecule has 0 aliphatic carbocycles. The Morgan fingerprint density at radius 1 is 1.44 bits per heavy atom. The summed E-state index contributed by atoms with van der Waals surface area (Å²) in [6, 6.07) is -0.498. The maximum Gasteiger partial charge on any atom is 0.389 e. The third-order valence-corrected chi connectivity index (χ3v) is 1.99. The van der Waals surface area contributed by atoms with E-state index in [9.17, 15) is 18.0 Å². The molecule has 0 aliphatic rings. The average Bonchev–Trinajstić information content (AvgIpc) is 2.14. The minimum Gasteiger partial charge on any atom is -0.381 e. The smallest absolute Gasteiger partial charge is 0.381 e. The summed E-state index contributed by atoms with van der Waals surface area (Å²) in [7, 11) is 1.58. The van der Waals surface area contributed by atoms with Crippen LogP contribution in [0.2, 0.25) is 0 Å². The standard InChI is InChI=1S/C9H17F3N2O2/c1-14-7(8(13)15)3-6-16-5-2-4-9(10,11)12/h7,14H,2-6H2,1H3,(H2,13,15). The van der Waals surface area contributed by atoms with Crippen molar-refractivity contribution in [1.82, 2.24) is 5.32 Å². The summed E-state index contributed by atoms with van der Waals surface area (Å²) in [4.78, 5) is 10.7. The Morgan fingerprint density at radius 3 is 2.50 bits per heavy atom. The summed E-state index contributed by atoms with van der Waals surface area (Å²) < 4.78 is 40.1. The number of carbonyl (C=O) groups excluding carboxylic acids is 1. The monoisotopic (exact) mass is 242 g/mol. The van der Waals surface area contributed by atoms with Gasteiger partial charge in [0.25, 0.3) is 0 Å². The second-order valence-corrected chi connectivity index (χ2v) is 3.36. The van der Waals surface area contributed by atoms with Gasteiger partial charge in [-0.05, 0) is 19.9 Å². The molecule has 0 heterocycles. The molecule has 0 saturated carbocycles. The Hall–Kier alpha value is -0.820. The molecule has 4 nitrogen and oxygen atoms in total. The van der Waals surface area contributed by atoms with Gasteiger partial charge in [-0.1, -0.05) is 0 Å². The average molecular weight is 242 g/mol. The summed E-state index contributed by atoms with van der Waals surface area (Å²) in [5, 5.41) is 2.68. The van der Waals surface area contributed by atoms with Crippen molar-refractivity contribution in [3.8, 4) is 0 Å². The normalized spacial score (nSPS) is 13.8. The molecule has 16 heavy (non-hydrogen) atoms. The summed E-state index contributed by atoms with van der Waals surface area (Å²) in [5.41, 5.74) is 5.04. The lowest BCUT2D eigenvalue weighted by atomic mass is 10.2. The van der Waals surface area contributed by atoms with E-state index in [1.807, 2.05) is 0 Å². The van der Waals surface area contributed by atoms with E-state index in [-0.39, 0.29) is 19.6 Å². The van der Waals surface area contributed by atoms with Crippen LogP contribution in [0.3, 0.4) is 0 Å². The molecule has 0 aromatic carbocycles. The molecule has 3 N–H and O–H groups in total. The van der Waals surface area contributed by atoms with E-state index in [1.54, 1.807) is 7.05 Å². The first-order valence-corrected chi connectivity index (χ1v) is 4.98. The van der Waals surface area contributed by atoms with Crippen molar-refractivity contribution >= 4 is 5.91 Å². The van der Waals surface area contributed by atoms with Crippen molar-refractivity contribution in [1.29, 1.82) is 0 Å². The van der Waals surface area contributed by atoms with Gasteiger partial charge in [0.05, 0.1) is 6.04 Å². The first-order valence-electron chi connectivity index (χ1n) is 4.98. The van der Waals surface area contributed by atoms with Crippen molar-refractivity contribution in [3.63, 3.8) is 0 Å². The van der Waals surface area contributed by atoms with Crippen LogP contribution >= 0.6 is 0 Å². The van der Waals surface area contributed by atoms with Gasteiger partial charge in [-0.2, -0.15) is 13.2 Å². The minimum absolute atomic E-state index is 0.0364. The fourth-order valence-electron chi connectivity index (χ4n) is 1.11. The highest BCUT2D eigenvalue weighted by Gasteiger charge is 2.25. The van der Waals surface area contributed by atoms with Crippen LogP contribution in [0.1, 0.15) is 19.3 Å². The SMILES string of the molecule is CNC(CCOCCCC(F)(F)F)C(N)=O. The van der Waals surface area contributed by atoms with Gasteiger partial charge in [-0.3, -0.25) is 4.79 Å². The lowest BCUT2D eigenvalue weighted by molar-refractivity contribution is -0.137. The summed E-state index contributed by atoms with van der Waals surface area (Å²) in [6.45, 7) is 0.251. The van der Waals surface area contributed by atoms with E-state index in [2.05, 4.69) is 5.32 Å². The summed E-state index contributed by atoms with van der Waals surface area (Å²) in [5.74, 6) is -0.499. The molecule has 0 spiro atoms. The first kappa shape index (κ1) is 15.2. The zero-order chi connectivity index (χ0) is 12.6. The lowest BCUT2D eigenvalue weighted by Crippen LogP contribution is -2.39. The van der Waals surface area contributed by atoms with Crippen LogP contribution in [0, 0.1) is 0 Å². The second kappa shape index (κ2) is 7.45. The Morgan fingerprint density at radius 2 is 2.06 bits per heavy atom. The molecule has 0 aromatic rings. The number of rotatable bonds is 8. The Kier molecular flexibility index (Phi) is 7.07. The number of likely N-dealkylation sites (N-methyl/N-ethyl adjacent to an activating group) is 1. The van der Waals surface area contributed by atoms with Crippen molar-refractivity contribution in [2.75, 3.05) is 20.3 Å². The van der Waals surface area contributed by atoms with Gasteiger partial charge in [0.15, 0.2) is 0 Å². The molecule has 0 aliphatic heterocycles. The van der Waals surface area contributed by atoms with Crippen LogP contribution in [0.25, 0.3) is 0 Å². The van der Waals surface area contributed by atoms with Crippen molar-refractivity contribution < 1.29 is 22.7 Å². The maximum atomic E-state index is 11.7. The molecule has 1 amide bonds. The van der Waals surface area contributed by atoms with Crippen molar-refractivity contribution in [2.24, 2.45) is 5.73 Å². The largest absolute Gasteiger partial charge is 0.389 e. The molecular formula is C9H17F3N2O2. The van der Waals surface area contributed by atoms with E-state index in [0.29, 0.717) is 6.42 Å². The molecule has 0 fully saturated rings. The number of nitrogens with two attached hydrogens (primary N) is 1. The fourth-order valence-corrected chi connectivity index (χ4v) is 1.11.